The van der Waals surface area contributed by atoms with Gasteiger partial charge in [-0.15, -0.1) is 0 Å². The van der Waals surface area contributed by atoms with Crippen LogP contribution in [0.2, 0.25) is 0 Å². The molecule has 0 bridgehead atoms. The standard InChI is InChI=1S/C12H13N3O3/c1-3-7(2)14-11-9(12(17)18)4-8(5-13)10(6-16)15-11/h4,6-7H,3H2,1-2H3,(H,14,15)(H,17,18). The number of hydrogen-bond acceptors (Lipinski definition) is 5. The lowest BCUT2D eigenvalue weighted by atomic mass is 10.1. The monoisotopic (exact) mass is 247 g/mol. The van der Waals surface area contributed by atoms with Crippen LogP contribution in [0.25, 0.3) is 0 Å². The molecule has 1 atom stereocenters. The van der Waals surface area contributed by atoms with Crippen LogP contribution < -0.4 is 5.32 Å². The number of pyridine rings is 1. The van der Waals surface area contributed by atoms with Gasteiger partial charge in [0, 0.05) is 6.04 Å². The van der Waals surface area contributed by atoms with Crippen molar-refractivity contribution in [3.8, 4) is 6.07 Å². The van der Waals surface area contributed by atoms with Crippen LogP contribution in [0.3, 0.4) is 0 Å². The molecule has 1 rings (SSSR count). The average molecular weight is 247 g/mol. The second-order valence-corrected chi connectivity index (χ2v) is 3.81. The van der Waals surface area contributed by atoms with Crippen LogP contribution in [0, 0.1) is 11.3 Å². The van der Waals surface area contributed by atoms with Crippen molar-refractivity contribution in [2.45, 2.75) is 26.3 Å². The van der Waals surface area contributed by atoms with Crippen molar-refractivity contribution < 1.29 is 14.7 Å². The van der Waals surface area contributed by atoms with Crippen molar-refractivity contribution in [2.75, 3.05) is 5.32 Å². The van der Waals surface area contributed by atoms with Crippen molar-refractivity contribution in [3.05, 3.63) is 22.9 Å². The quantitative estimate of drug-likeness (QED) is 0.767. The molecule has 0 spiro atoms. The van der Waals surface area contributed by atoms with E-state index in [0.717, 1.165) is 12.5 Å². The smallest absolute Gasteiger partial charge is 0.339 e. The predicted octanol–water partition coefficient (Wildman–Crippen LogP) is 1.67. The van der Waals surface area contributed by atoms with Crippen LogP contribution in [0.1, 0.15) is 46.7 Å². The van der Waals surface area contributed by atoms with Gasteiger partial charge in [0.15, 0.2) is 6.29 Å². The van der Waals surface area contributed by atoms with E-state index in [9.17, 15) is 9.59 Å². The van der Waals surface area contributed by atoms with Crippen molar-refractivity contribution >= 4 is 18.1 Å². The van der Waals surface area contributed by atoms with E-state index >= 15 is 0 Å². The third-order valence-corrected chi connectivity index (χ3v) is 2.51. The van der Waals surface area contributed by atoms with Crippen LogP contribution in [0.15, 0.2) is 6.07 Å². The molecule has 18 heavy (non-hydrogen) atoms. The molecule has 0 aromatic carbocycles. The molecule has 6 heteroatoms. The Hall–Kier alpha value is -2.42. The van der Waals surface area contributed by atoms with Gasteiger partial charge in [-0.05, 0) is 19.4 Å². The molecule has 0 fully saturated rings. The highest BCUT2D eigenvalue weighted by atomic mass is 16.4. The van der Waals surface area contributed by atoms with Crippen LogP contribution >= 0.6 is 0 Å². The van der Waals surface area contributed by atoms with Crippen molar-refractivity contribution in [3.63, 3.8) is 0 Å². The molecule has 1 aromatic heterocycles. The minimum absolute atomic E-state index is 0.0167. The van der Waals surface area contributed by atoms with Crippen molar-refractivity contribution in [1.29, 1.82) is 5.26 Å². The second-order valence-electron chi connectivity index (χ2n) is 3.81. The Morgan fingerprint density at radius 1 is 1.72 bits per heavy atom. The van der Waals surface area contributed by atoms with E-state index in [-0.39, 0.29) is 28.7 Å². The Morgan fingerprint density at radius 2 is 2.39 bits per heavy atom. The number of aldehydes is 1. The molecule has 0 amide bonds. The fourth-order valence-electron chi connectivity index (χ4n) is 1.32. The summed E-state index contributed by atoms with van der Waals surface area (Å²) in [5.74, 6) is -1.08. The third-order valence-electron chi connectivity index (χ3n) is 2.51. The average Bonchev–Trinajstić information content (AvgIpc) is 2.37. The largest absolute Gasteiger partial charge is 0.478 e. The molecule has 94 valence electrons. The number of aromatic nitrogens is 1. The van der Waals surface area contributed by atoms with Crippen LogP contribution in [0.4, 0.5) is 5.82 Å². The number of nitrogens with one attached hydrogen (secondary N) is 1. The lowest BCUT2D eigenvalue weighted by molar-refractivity contribution is 0.0697. The molecule has 0 saturated heterocycles. The third kappa shape index (κ3) is 2.83. The van der Waals surface area contributed by atoms with Crippen molar-refractivity contribution in [1.82, 2.24) is 4.98 Å². The Labute approximate surface area is 104 Å². The van der Waals surface area contributed by atoms with Crippen molar-refractivity contribution in [2.24, 2.45) is 0 Å². The summed E-state index contributed by atoms with van der Waals surface area (Å²) < 4.78 is 0. The van der Waals surface area contributed by atoms with Gasteiger partial charge in [-0.1, -0.05) is 6.92 Å². The summed E-state index contributed by atoms with van der Waals surface area (Å²) in [5.41, 5.74) is -0.220. The number of carbonyl (C=O) groups excluding carboxylic acids is 1. The summed E-state index contributed by atoms with van der Waals surface area (Å²) >= 11 is 0. The molecule has 0 saturated carbocycles. The first-order valence-electron chi connectivity index (χ1n) is 5.43. The minimum Gasteiger partial charge on any atom is -0.478 e. The highest BCUT2D eigenvalue weighted by molar-refractivity contribution is 5.95. The highest BCUT2D eigenvalue weighted by Gasteiger charge is 2.17. The number of nitrogens with zero attached hydrogens (tertiary/aromatic N) is 2. The predicted molar refractivity (Wildman–Crippen MR) is 64.7 cm³/mol. The molecule has 2 N–H and O–H groups in total. The maximum Gasteiger partial charge on any atom is 0.339 e. The Kier molecular flexibility index (Phi) is 4.38. The maximum atomic E-state index is 11.1. The lowest BCUT2D eigenvalue weighted by Gasteiger charge is -2.14. The lowest BCUT2D eigenvalue weighted by Crippen LogP contribution is -2.18. The summed E-state index contributed by atoms with van der Waals surface area (Å²) in [5, 5.41) is 20.8. The van der Waals surface area contributed by atoms with Gasteiger partial charge in [-0.3, -0.25) is 4.79 Å². The van der Waals surface area contributed by atoms with E-state index in [1.165, 1.54) is 0 Å². The number of carboxylic acids is 1. The summed E-state index contributed by atoms with van der Waals surface area (Å²) in [7, 11) is 0. The molecule has 0 radical (unpaired) electrons. The fourth-order valence-corrected chi connectivity index (χ4v) is 1.32. The molecular weight excluding hydrogens is 234 g/mol. The Bertz CT molecular complexity index is 520. The van der Waals surface area contributed by atoms with Gasteiger partial charge in [-0.25, -0.2) is 9.78 Å². The molecular formula is C12H13N3O3. The van der Waals surface area contributed by atoms with Gasteiger partial charge < -0.3 is 10.4 Å². The molecule has 6 nitrogen and oxygen atoms in total. The van der Waals surface area contributed by atoms with E-state index < -0.39 is 5.97 Å². The van der Waals surface area contributed by atoms with Crippen LogP contribution in [-0.2, 0) is 0 Å². The summed E-state index contributed by atoms with van der Waals surface area (Å²) in [4.78, 5) is 25.8. The molecule has 0 aliphatic heterocycles. The van der Waals surface area contributed by atoms with Crippen LogP contribution in [-0.4, -0.2) is 28.4 Å². The van der Waals surface area contributed by atoms with Gasteiger partial charge in [0.05, 0.1) is 5.56 Å². The highest BCUT2D eigenvalue weighted by Crippen LogP contribution is 2.18. The number of hydrogen-bond donors (Lipinski definition) is 2. The zero-order chi connectivity index (χ0) is 13.7. The summed E-state index contributed by atoms with van der Waals surface area (Å²) in [6.07, 6.45) is 1.21. The van der Waals surface area contributed by atoms with Gasteiger partial charge in [-0.2, -0.15) is 5.26 Å². The zero-order valence-electron chi connectivity index (χ0n) is 10.1. The normalized spacial score (nSPS) is 11.4. The number of carbonyl (C=O) groups is 2. The number of nitriles is 1. The molecule has 0 aliphatic rings. The first-order chi connectivity index (χ1) is 8.53. The van der Waals surface area contributed by atoms with Crippen LogP contribution in [0.5, 0.6) is 0 Å². The molecule has 1 unspecified atom stereocenters. The first kappa shape index (κ1) is 13.6. The fraction of sp³-hybridized carbons (Fsp3) is 0.333. The van der Waals surface area contributed by atoms with Gasteiger partial charge in [0.1, 0.15) is 23.1 Å². The van der Waals surface area contributed by atoms with E-state index in [1.807, 2.05) is 13.8 Å². The summed E-state index contributed by atoms with van der Waals surface area (Å²) in [6.45, 7) is 3.80. The van der Waals surface area contributed by atoms with E-state index in [1.54, 1.807) is 6.07 Å². The summed E-state index contributed by atoms with van der Waals surface area (Å²) in [6, 6.07) is 2.92. The second kappa shape index (κ2) is 5.77. The topological polar surface area (TPSA) is 103 Å². The number of carboxylic acid groups (broad SMARTS) is 1. The van der Waals surface area contributed by atoms with E-state index in [2.05, 4.69) is 10.3 Å². The number of anilines is 1. The van der Waals surface area contributed by atoms with Gasteiger partial charge in [0.2, 0.25) is 0 Å². The van der Waals surface area contributed by atoms with Gasteiger partial charge >= 0.3 is 5.97 Å². The molecule has 0 aliphatic carbocycles. The molecule has 1 heterocycles. The number of rotatable bonds is 5. The van der Waals surface area contributed by atoms with Gasteiger partial charge in [0.25, 0.3) is 0 Å². The SMILES string of the molecule is CCC(C)Nc1nc(C=O)c(C#N)cc1C(=O)O. The first-order valence-corrected chi connectivity index (χ1v) is 5.43. The molecule has 1 aromatic rings. The maximum absolute atomic E-state index is 11.1. The number of aromatic carboxylic acids is 1. The van der Waals surface area contributed by atoms with E-state index in [4.69, 9.17) is 10.4 Å². The minimum atomic E-state index is -1.19. The van der Waals surface area contributed by atoms with E-state index in [0.29, 0.717) is 6.29 Å². The Balaban J connectivity index is 3.34. The zero-order valence-corrected chi connectivity index (χ0v) is 10.1. The Morgan fingerprint density at radius 3 is 2.83 bits per heavy atom.